The summed E-state index contributed by atoms with van der Waals surface area (Å²) in [6, 6.07) is 15.2. The molecule has 2 aromatic heterocycles. The van der Waals surface area contributed by atoms with E-state index in [9.17, 15) is 4.79 Å². The number of hydrogen-bond acceptors (Lipinski definition) is 5. The van der Waals surface area contributed by atoms with Crippen molar-refractivity contribution in [3.05, 3.63) is 83.7 Å². The minimum absolute atomic E-state index is 0.0911. The van der Waals surface area contributed by atoms with Crippen molar-refractivity contribution in [1.29, 1.82) is 0 Å². The molecule has 4 aromatic rings. The van der Waals surface area contributed by atoms with Crippen molar-refractivity contribution in [2.24, 2.45) is 0 Å². The van der Waals surface area contributed by atoms with Gasteiger partial charge in [0, 0.05) is 29.3 Å². The van der Waals surface area contributed by atoms with Crippen LogP contribution < -0.4 is 5.32 Å². The van der Waals surface area contributed by atoms with Gasteiger partial charge in [-0.3, -0.25) is 9.36 Å². The molecule has 4 rings (SSSR count). The van der Waals surface area contributed by atoms with Crippen molar-refractivity contribution in [3.8, 4) is 0 Å². The molecule has 2 aromatic carbocycles. The highest BCUT2D eigenvalue weighted by atomic mass is 35.5. The van der Waals surface area contributed by atoms with Crippen molar-refractivity contribution < 1.29 is 4.79 Å². The Morgan fingerprint density at radius 3 is 2.73 bits per heavy atom. The maximum atomic E-state index is 12.6. The third-order valence-electron chi connectivity index (χ3n) is 3.89. The van der Waals surface area contributed by atoms with Crippen molar-refractivity contribution in [2.45, 2.75) is 6.54 Å². The monoisotopic (exact) mass is 363 g/mol. The van der Waals surface area contributed by atoms with E-state index in [0.29, 0.717) is 22.9 Å². The standard InChI is InChI=1S/C19H14ClN5O/c20-14-6-7-16-15(10-14)17(22-11-13-4-2-1-3-5-13)24-18(23-16)19(26)25-9-8-21-12-25/h1-10,12H,11H2,(H,22,23,24). The van der Waals surface area contributed by atoms with Crippen LogP contribution in [0.2, 0.25) is 5.02 Å². The zero-order valence-electron chi connectivity index (χ0n) is 13.6. The fourth-order valence-corrected chi connectivity index (χ4v) is 2.78. The number of nitrogens with zero attached hydrogens (tertiary/aromatic N) is 4. The first-order chi connectivity index (χ1) is 12.7. The van der Waals surface area contributed by atoms with Gasteiger partial charge in [-0.15, -0.1) is 0 Å². The summed E-state index contributed by atoms with van der Waals surface area (Å²) in [4.78, 5) is 25.3. The van der Waals surface area contributed by atoms with Crippen LogP contribution in [0.5, 0.6) is 0 Å². The average molecular weight is 364 g/mol. The minimum atomic E-state index is -0.345. The molecule has 0 bridgehead atoms. The minimum Gasteiger partial charge on any atom is -0.365 e. The number of rotatable bonds is 4. The zero-order valence-corrected chi connectivity index (χ0v) is 14.4. The Balaban J connectivity index is 1.75. The van der Waals surface area contributed by atoms with Crippen LogP contribution in [0.25, 0.3) is 10.9 Å². The van der Waals surface area contributed by atoms with Crippen molar-refractivity contribution in [3.63, 3.8) is 0 Å². The third kappa shape index (κ3) is 3.27. The highest BCUT2D eigenvalue weighted by Crippen LogP contribution is 2.25. The van der Waals surface area contributed by atoms with E-state index < -0.39 is 0 Å². The van der Waals surface area contributed by atoms with Crippen LogP contribution in [0.1, 0.15) is 16.2 Å². The van der Waals surface area contributed by atoms with E-state index in [1.54, 1.807) is 24.4 Å². The summed E-state index contributed by atoms with van der Waals surface area (Å²) in [6.07, 6.45) is 4.52. The molecule has 0 fully saturated rings. The summed E-state index contributed by atoms with van der Waals surface area (Å²) in [5.74, 6) is 0.306. The molecular formula is C19H14ClN5O. The number of benzene rings is 2. The highest BCUT2D eigenvalue weighted by Gasteiger charge is 2.16. The van der Waals surface area contributed by atoms with Crippen LogP contribution >= 0.6 is 11.6 Å². The smallest absolute Gasteiger partial charge is 0.301 e. The van der Waals surface area contributed by atoms with Crippen LogP contribution in [0.15, 0.2) is 67.3 Å². The molecule has 1 N–H and O–H groups in total. The lowest BCUT2D eigenvalue weighted by Crippen LogP contribution is -2.15. The van der Waals surface area contributed by atoms with Gasteiger partial charge in [-0.2, -0.15) is 0 Å². The molecule has 128 valence electrons. The van der Waals surface area contributed by atoms with E-state index in [0.717, 1.165) is 10.9 Å². The Morgan fingerprint density at radius 2 is 1.96 bits per heavy atom. The van der Waals surface area contributed by atoms with Crippen LogP contribution in [0, 0.1) is 0 Å². The Bertz CT molecular complexity index is 1060. The van der Waals surface area contributed by atoms with E-state index in [4.69, 9.17) is 11.6 Å². The fourth-order valence-electron chi connectivity index (χ4n) is 2.61. The topological polar surface area (TPSA) is 72.7 Å². The predicted octanol–water partition coefficient (Wildman–Crippen LogP) is 3.78. The van der Waals surface area contributed by atoms with Crippen molar-refractivity contribution >= 4 is 34.2 Å². The van der Waals surface area contributed by atoms with Gasteiger partial charge in [0.25, 0.3) is 0 Å². The molecule has 0 saturated carbocycles. The number of imidazole rings is 1. The molecular weight excluding hydrogens is 350 g/mol. The largest absolute Gasteiger partial charge is 0.365 e. The van der Waals surface area contributed by atoms with Gasteiger partial charge in [-0.05, 0) is 23.8 Å². The van der Waals surface area contributed by atoms with E-state index in [1.807, 2.05) is 30.3 Å². The number of fused-ring (bicyclic) bond motifs is 1. The Morgan fingerprint density at radius 1 is 1.12 bits per heavy atom. The second kappa shape index (κ2) is 6.93. The van der Waals surface area contributed by atoms with Crippen LogP contribution in [-0.2, 0) is 6.54 Å². The van der Waals surface area contributed by atoms with Crippen LogP contribution in [-0.4, -0.2) is 25.4 Å². The van der Waals surface area contributed by atoms with Gasteiger partial charge in [0.1, 0.15) is 12.1 Å². The lowest BCUT2D eigenvalue weighted by Gasteiger charge is -2.11. The molecule has 6 nitrogen and oxygen atoms in total. The number of halogens is 1. The Labute approximate surface area is 154 Å². The number of carbonyl (C=O) groups is 1. The van der Waals surface area contributed by atoms with Gasteiger partial charge < -0.3 is 5.32 Å². The van der Waals surface area contributed by atoms with E-state index in [2.05, 4.69) is 20.3 Å². The quantitative estimate of drug-likeness (QED) is 0.597. The normalized spacial score (nSPS) is 10.8. The summed E-state index contributed by atoms with van der Waals surface area (Å²) in [7, 11) is 0. The second-order valence-electron chi connectivity index (χ2n) is 5.67. The molecule has 0 aliphatic heterocycles. The lowest BCUT2D eigenvalue weighted by molar-refractivity contribution is 0.0950. The van der Waals surface area contributed by atoms with Crippen molar-refractivity contribution in [2.75, 3.05) is 5.32 Å². The maximum Gasteiger partial charge on any atom is 0.301 e. The fraction of sp³-hybridized carbons (Fsp3) is 0.0526. The second-order valence-corrected chi connectivity index (χ2v) is 6.11. The van der Waals surface area contributed by atoms with Crippen LogP contribution in [0.4, 0.5) is 5.82 Å². The number of nitrogens with one attached hydrogen (secondary N) is 1. The molecule has 2 heterocycles. The third-order valence-corrected chi connectivity index (χ3v) is 4.13. The van der Waals surface area contributed by atoms with Gasteiger partial charge in [0.05, 0.1) is 5.52 Å². The molecule has 0 atom stereocenters. The summed E-state index contributed by atoms with van der Waals surface area (Å²) < 4.78 is 1.35. The summed E-state index contributed by atoms with van der Waals surface area (Å²) >= 11 is 6.13. The summed E-state index contributed by atoms with van der Waals surface area (Å²) in [5, 5.41) is 4.63. The van der Waals surface area contributed by atoms with E-state index in [1.165, 1.54) is 17.1 Å². The van der Waals surface area contributed by atoms with Gasteiger partial charge >= 0.3 is 5.91 Å². The zero-order chi connectivity index (χ0) is 17.9. The summed E-state index contributed by atoms with van der Waals surface area (Å²) in [5.41, 5.74) is 1.74. The molecule has 0 spiro atoms. The van der Waals surface area contributed by atoms with Gasteiger partial charge in [0.15, 0.2) is 0 Å². The maximum absolute atomic E-state index is 12.6. The SMILES string of the molecule is O=C(c1nc(NCc2ccccc2)c2cc(Cl)ccc2n1)n1ccnc1. The van der Waals surface area contributed by atoms with Gasteiger partial charge in [0.2, 0.25) is 5.82 Å². The number of carbonyl (C=O) groups excluding carboxylic acids is 1. The molecule has 26 heavy (non-hydrogen) atoms. The Kier molecular flexibility index (Phi) is 4.33. The molecule has 0 unspecified atom stereocenters. The first kappa shape index (κ1) is 16.2. The molecule has 7 heteroatoms. The van der Waals surface area contributed by atoms with E-state index >= 15 is 0 Å². The molecule has 0 aliphatic rings. The first-order valence-electron chi connectivity index (χ1n) is 7.98. The predicted molar refractivity (Wildman–Crippen MR) is 100 cm³/mol. The van der Waals surface area contributed by atoms with E-state index in [-0.39, 0.29) is 11.7 Å². The molecule has 0 saturated heterocycles. The number of hydrogen-bond donors (Lipinski definition) is 1. The Hall–Kier alpha value is -3.25. The molecule has 0 radical (unpaired) electrons. The molecule has 0 amide bonds. The van der Waals surface area contributed by atoms with Crippen LogP contribution in [0.3, 0.4) is 0 Å². The van der Waals surface area contributed by atoms with Crippen molar-refractivity contribution in [1.82, 2.24) is 19.5 Å². The summed E-state index contributed by atoms with van der Waals surface area (Å²) in [6.45, 7) is 0.568. The average Bonchev–Trinajstić information content (AvgIpc) is 3.21. The number of anilines is 1. The lowest BCUT2D eigenvalue weighted by atomic mass is 10.2. The first-order valence-corrected chi connectivity index (χ1v) is 8.36. The molecule has 0 aliphatic carbocycles. The van der Waals surface area contributed by atoms with Gasteiger partial charge in [-0.25, -0.2) is 15.0 Å². The van der Waals surface area contributed by atoms with Gasteiger partial charge in [-0.1, -0.05) is 41.9 Å². The number of aromatic nitrogens is 4. The highest BCUT2D eigenvalue weighted by molar-refractivity contribution is 6.31.